The van der Waals surface area contributed by atoms with Crippen molar-refractivity contribution in [1.82, 2.24) is 0 Å². The van der Waals surface area contributed by atoms with Gasteiger partial charge in [0.25, 0.3) is 0 Å². The maximum atomic E-state index is 7.06. The van der Waals surface area contributed by atoms with Gasteiger partial charge in [-0.2, -0.15) is 0 Å². The van der Waals surface area contributed by atoms with Crippen LogP contribution < -0.4 is 0 Å². The van der Waals surface area contributed by atoms with Crippen LogP contribution in [-0.4, -0.2) is 12.8 Å². The molecule has 10 heavy (non-hydrogen) atoms. The van der Waals surface area contributed by atoms with Crippen molar-refractivity contribution in [2.24, 2.45) is 11.8 Å². The van der Waals surface area contributed by atoms with Crippen LogP contribution in [0.15, 0.2) is 0 Å². The lowest BCUT2D eigenvalue weighted by Gasteiger charge is -2.19. The van der Waals surface area contributed by atoms with Crippen LogP contribution >= 0.6 is 8.58 Å². The van der Waals surface area contributed by atoms with E-state index in [4.69, 9.17) is 1.37 Å². The topological polar surface area (TPSA) is 0 Å². The lowest BCUT2D eigenvalue weighted by molar-refractivity contribution is 0.367. The molecule has 0 amide bonds. The van der Waals surface area contributed by atoms with E-state index in [1.54, 1.807) is 0 Å². The summed E-state index contributed by atoms with van der Waals surface area (Å²) in [6.45, 7) is 7.51. The molecule has 0 saturated heterocycles. The molecule has 0 bridgehead atoms. The zero-order chi connectivity index (χ0) is 8.69. The molecule has 0 aliphatic carbocycles. The van der Waals surface area contributed by atoms with E-state index in [0.29, 0.717) is 6.64 Å². The summed E-state index contributed by atoms with van der Waals surface area (Å²) in [6, 6.07) is 0. The van der Waals surface area contributed by atoms with E-state index in [2.05, 4.69) is 20.8 Å². The van der Waals surface area contributed by atoms with Gasteiger partial charge in [-0.25, -0.2) is 0 Å². The first-order valence-electron chi connectivity index (χ1n) is 4.96. The lowest BCUT2D eigenvalue weighted by Crippen LogP contribution is -2.11. The van der Waals surface area contributed by atoms with Gasteiger partial charge in [0.1, 0.15) is 0 Å². The van der Waals surface area contributed by atoms with Crippen LogP contribution in [0.2, 0.25) is 0 Å². The molecule has 0 fully saturated rings. The first kappa shape index (κ1) is 8.53. The van der Waals surface area contributed by atoms with Crippen LogP contribution in [-0.2, 0) is 0 Å². The molecular formula is C9H21P. The standard InChI is InChI=1S/C9H21P/c1-5-9(6-2)8(3)7-10-4/h8-10H,5-7H2,1-4H3/t8-/m1/s1/i4D. The Morgan fingerprint density at radius 2 is 2.00 bits per heavy atom. The fraction of sp³-hybridized carbons (Fsp3) is 1.00. The Labute approximate surface area is 69.0 Å². The second kappa shape index (κ2) is 6.16. The summed E-state index contributed by atoms with van der Waals surface area (Å²) in [5.74, 6) is 1.74. The Morgan fingerprint density at radius 3 is 2.40 bits per heavy atom. The Balaban J connectivity index is 3.51. The number of rotatable bonds is 5. The first-order chi connectivity index (χ1) is 5.26. The molecular weight excluding hydrogens is 139 g/mol. The molecule has 2 atom stereocenters. The van der Waals surface area contributed by atoms with Gasteiger partial charge in [-0.3, -0.25) is 0 Å². The van der Waals surface area contributed by atoms with Crippen LogP contribution in [0.25, 0.3) is 0 Å². The van der Waals surface area contributed by atoms with Crippen LogP contribution in [0.1, 0.15) is 35.0 Å². The van der Waals surface area contributed by atoms with Gasteiger partial charge in [0.05, 0.1) is 0 Å². The van der Waals surface area contributed by atoms with E-state index >= 15 is 0 Å². The summed E-state index contributed by atoms with van der Waals surface area (Å²) in [5, 5.41) is 0. The SMILES string of the molecule is [2H]CPC[C@@H](C)C(CC)CC. The Bertz CT molecular complexity index is 81.6. The molecule has 1 unspecified atom stereocenters. The average Bonchev–Trinajstić information content (AvgIpc) is 2.03. The highest BCUT2D eigenvalue weighted by Crippen LogP contribution is 2.23. The van der Waals surface area contributed by atoms with E-state index in [-0.39, 0.29) is 0 Å². The summed E-state index contributed by atoms with van der Waals surface area (Å²) < 4.78 is 7.06. The molecule has 0 aliphatic heterocycles. The molecule has 0 aromatic rings. The van der Waals surface area contributed by atoms with E-state index in [0.717, 1.165) is 20.4 Å². The molecule has 1 heteroatoms. The summed E-state index contributed by atoms with van der Waals surface area (Å²) >= 11 is 0. The fourth-order valence-electron chi connectivity index (χ4n) is 1.49. The summed E-state index contributed by atoms with van der Waals surface area (Å²) in [7, 11) is 0.861. The highest BCUT2D eigenvalue weighted by molar-refractivity contribution is 7.36. The smallest absolute Gasteiger partial charge is 0.0277 e. The van der Waals surface area contributed by atoms with E-state index in [9.17, 15) is 0 Å². The maximum absolute atomic E-state index is 7.06. The average molecular weight is 161 g/mol. The van der Waals surface area contributed by atoms with Gasteiger partial charge in [0.15, 0.2) is 0 Å². The predicted molar refractivity (Wildman–Crippen MR) is 52.3 cm³/mol. The van der Waals surface area contributed by atoms with E-state index in [1.807, 2.05) is 0 Å². The molecule has 0 rings (SSSR count). The molecule has 0 radical (unpaired) electrons. The van der Waals surface area contributed by atoms with Gasteiger partial charge in [0, 0.05) is 1.37 Å². The van der Waals surface area contributed by atoms with Crippen molar-refractivity contribution in [3.63, 3.8) is 0 Å². The molecule has 0 saturated carbocycles. The van der Waals surface area contributed by atoms with Crippen molar-refractivity contribution < 1.29 is 1.37 Å². The lowest BCUT2D eigenvalue weighted by atomic mass is 9.91. The van der Waals surface area contributed by atoms with Crippen molar-refractivity contribution in [1.29, 1.82) is 0 Å². The minimum Gasteiger partial charge on any atom is -0.125 e. The first-order valence-corrected chi connectivity index (χ1v) is 5.67. The number of hydrogen-bond donors (Lipinski definition) is 0. The van der Waals surface area contributed by atoms with Crippen LogP contribution in [0.3, 0.4) is 0 Å². The van der Waals surface area contributed by atoms with E-state index in [1.165, 1.54) is 19.0 Å². The molecule has 0 spiro atoms. The Kier molecular flexibility index (Phi) is 5.25. The van der Waals surface area contributed by atoms with Crippen LogP contribution in [0.5, 0.6) is 0 Å². The monoisotopic (exact) mass is 161 g/mol. The summed E-state index contributed by atoms with van der Waals surface area (Å²) in [6.07, 6.45) is 3.89. The van der Waals surface area contributed by atoms with Crippen molar-refractivity contribution in [3.8, 4) is 0 Å². The third-order valence-corrected chi connectivity index (χ3v) is 3.25. The maximum Gasteiger partial charge on any atom is 0.0277 e. The van der Waals surface area contributed by atoms with Gasteiger partial charge in [-0.15, -0.1) is 8.58 Å². The minimum absolute atomic E-state index is 0.629. The van der Waals surface area contributed by atoms with Gasteiger partial charge < -0.3 is 0 Å². The second-order valence-corrected chi connectivity index (χ2v) is 3.92. The molecule has 0 N–H and O–H groups in total. The summed E-state index contributed by atoms with van der Waals surface area (Å²) in [5.41, 5.74) is 0. The third kappa shape index (κ3) is 3.56. The molecule has 0 aliphatic rings. The van der Waals surface area contributed by atoms with Crippen molar-refractivity contribution in [3.05, 3.63) is 0 Å². The number of hydrogen-bond acceptors (Lipinski definition) is 0. The molecule has 0 aromatic carbocycles. The minimum atomic E-state index is 0.629. The fourth-order valence-corrected chi connectivity index (χ4v) is 2.28. The summed E-state index contributed by atoms with van der Waals surface area (Å²) in [4.78, 5) is 0. The zero-order valence-electron chi connectivity index (χ0n) is 8.48. The highest BCUT2D eigenvalue weighted by Gasteiger charge is 2.11. The quantitative estimate of drug-likeness (QED) is 0.542. The molecule has 62 valence electrons. The van der Waals surface area contributed by atoms with Crippen molar-refractivity contribution >= 4 is 8.58 Å². The van der Waals surface area contributed by atoms with Crippen molar-refractivity contribution in [2.75, 3.05) is 12.8 Å². The molecule has 0 nitrogen and oxygen atoms in total. The zero-order valence-corrected chi connectivity index (χ0v) is 8.48. The Hall–Kier alpha value is 0.430. The van der Waals surface area contributed by atoms with Crippen molar-refractivity contribution in [2.45, 2.75) is 33.6 Å². The molecule has 0 heterocycles. The van der Waals surface area contributed by atoms with Gasteiger partial charge in [-0.05, 0) is 24.6 Å². The normalized spacial score (nSPS) is 16.6. The Morgan fingerprint density at radius 1 is 1.40 bits per heavy atom. The van der Waals surface area contributed by atoms with Crippen LogP contribution in [0, 0.1) is 11.8 Å². The molecule has 0 aromatic heterocycles. The van der Waals surface area contributed by atoms with E-state index < -0.39 is 0 Å². The van der Waals surface area contributed by atoms with Gasteiger partial charge in [0.2, 0.25) is 0 Å². The highest BCUT2D eigenvalue weighted by atomic mass is 31.1. The van der Waals surface area contributed by atoms with Gasteiger partial charge in [-0.1, -0.05) is 33.6 Å². The predicted octanol–water partition coefficient (Wildman–Crippen LogP) is 3.37. The third-order valence-electron chi connectivity index (χ3n) is 2.32. The van der Waals surface area contributed by atoms with Crippen LogP contribution in [0.4, 0.5) is 0 Å². The van der Waals surface area contributed by atoms with Gasteiger partial charge >= 0.3 is 0 Å². The largest absolute Gasteiger partial charge is 0.125 e. The second-order valence-electron chi connectivity index (χ2n) is 3.01.